The lowest BCUT2D eigenvalue weighted by Gasteiger charge is -2.35. The number of nitrogens with one attached hydrogen (secondary N) is 2. The number of aryl methyl sites for hydroxylation is 1. The van der Waals surface area contributed by atoms with Crippen LogP contribution in [0, 0.1) is 17.3 Å². The Kier molecular flexibility index (Phi) is 6.95. The molecule has 0 radical (unpaired) electrons. The second kappa shape index (κ2) is 9.70. The van der Waals surface area contributed by atoms with E-state index in [2.05, 4.69) is 68.3 Å². The van der Waals surface area contributed by atoms with E-state index in [0.717, 1.165) is 29.9 Å². The highest BCUT2D eigenvalue weighted by atomic mass is 14.9. The summed E-state index contributed by atoms with van der Waals surface area (Å²) in [4.78, 5) is 0. The summed E-state index contributed by atoms with van der Waals surface area (Å²) >= 11 is 0. The maximum atomic E-state index is 6.50. The molecule has 2 unspecified atom stereocenters. The summed E-state index contributed by atoms with van der Waals surface area (Å²) in [6.45, 7) is 13.6. The molecule has 0 amide bonds. The SMILES string of the molecule is C=C(Nc1c(N)ccc(-c2cccc(CC)c2)c1CC)C(C)C1CCC2(CCNCC2)C1. The van der Waals surface area contributed by atoms with E-state index in [1.54, 1.807) is 0 Å². The molecule has 1 aliphatic heterocycles. The van der Waals surface area contributed by atoms with E-state index in [1.165, 1.54) is 67.4 Å². The monoisotopic (exact) mass is 431 g/mol. The van der Waals surface area contributed by atoms with Crippen LogP contribution in [0.3, 0.4) is 0 Å². The van der Waals surface area contributed by atoms with E-state index in [9.17, 15) is 0 Å². The third kappa shape index (κ3) is 4.59. The predicted molar refractivity (Wildman–Crippen MR) is 139 cm³/mol. The fourth-order valence-corrected chi connectivity index (χ4v) is 6.06. The van der Waals surface area contributed by atoms with Gasteiger partial charge >= 0.3 is 0 Å². The molecule has 4 N–H and O–H groups in total. The molecule has 2 fully saturated rings. The smallest absolute Gasteiger partial charge is 0.0654 e. The molecule has 0 aromatic heterocycles. The van der Waals surface area contributed by atoms with Crippen molar-refractivity contribution in [1.29, 1.82) is 0 Å². The number of hydrogen-bond acceptors (Lipinski definition) is 3. The normalized spacial score (nSPS) is 20.9. The highest BCUT2D eigenvalue weighted by Gasteiger charge is 2.41. The maximum Gasteiger partial charge on any atom is 0.0654 e. The number of benzene rings is 2. The van der Waals surface area contributed by atoms with Crippen molar-refractivity contribution in [2.24, 2.45) is 17.3 Å². The molecule has 3 nitrogen and oxygen atoms in total. The molecule has 1 saturated carbocycles. The Labute approximate surface area is 194 Å². The highest BCUT2D eigenvalue weighted by molar-refractivity contribution is 5.82. The number of rotatable bonds is 7. The van der Waals surface area contributed by atoms with Gasteiger partial charge in [-0.05, 0) is 104 Å². The van der Waals surface area contributed by atoms with Gasteiger partial charge in [0.15, 0.2) is 0 Å². The van der Waals surface area contributed by atoms with Crippen molar-refractivity contribution in [1.82, 2.24) is 5.32 Å². The predicted octanol–water partition coefficient (Wildman–Crippen LogP) is 6.79. The molecule has 2 aliphatic rings. The second-order valence-corrected chi connectivity index (χ2v) is 10.2. The van der Waals surface area contributed by atoms with Crippen LogP contribution in [-0.4, -0.2) is 13.1 Å². The standard InChI is InChI=1S/C29H41N3/c1-5-22-8-7-9-23(18-22)26-10-11-27(30)28(25(26)6-2)32-21(4)20(3)24-12-13-29(19-24)14-16-31-17-15-29/h7-11,18,20,24,31-32H,4-6,12-17,19,30H2,1-3H3. The Bertz CT molecular complexity index is 955. The zero-order valence-electron chi connectivity index (χ0n) is 20.3. The second-order valence-electron chi connectivity index (χ2n) is 10.2. The minimum absolute atomic E-state index is 0.445. The van der Waals surface area contributed by atoms with Crippen LogP contribution in [0.25, 0.3) is 11.1 Å². The number of nitrogen functional groups attached to an aromatic ring is 1. The lowest BCUT2D eigenvalue weighted by molar-refractivity contribution is 0.195. The van der Waals surface area contributed by atoms with Crippen LogP contribution in [0.5, 0.6) is 0 Å². The van der Waals surface area contributed by atoms with Crippen LogP contribution in [0.1, 0.15) is 64.0 Å². The number of hydrogen-bond donors (Lipinski definition) is 3. The largest absolute Gasteiger partial charge is 0.397 e. The fourth-order valence-electron chi connectivity index (χ4n) is 6.06. The van der Waals surface area contributed by atoms with Gasteiger partial charge in [0, 0.05) is 5.70 Å². The summed E-state index contributed by atoms with van der Waals surface area (Å²) in [5.74, 6) is 1.16. The lowest BCUT2D eigenvalue weighted by Crippen LogP contribution is -2.35. The lowest BCUT2D eigenvalue weighted by atomic mass is 9.75. The molecule has 1 aliphatic carbocycles. The number of nitrogens with two attached hydrogens (primary N) is 1. The van der Waals surface area contributed by atoms with Crippen LogP contribution in [0.15, 0.2) is 48.7 Å². The Hall–Kier alpha value is -2.26. The number of anilines is 2. The molecule has 0 bridgehead atoms. The molecule has 1 heterocycles. The summed E-state index contributed by atoms with van der Waals surface area (Å²) in [6, 6.07) is 13.1. The van der Waals surface area contributed by atoms with Gasteiger partial charge in [0.05, 0.1) is 11.4 Å². The summed E-state index contributed by atoms with van der Waals surface area (Å²) < 4.78 is 0. The summed E-state index contributed by atoms with van der Waals surface area (Å²) in [5, 5.41) is 7.24. The quantitative estimate of drug-likeness (QED) is 0.423. The van der Waals surface area contributed by atoms with Gasteiger partial charge in [-0.15, -0.1) is 0 Å². The van der Waals surface area contributed by atoms with E-state index in [-0.39, 0.29) is 0 Å². The molecule has 3 heteroatoms. The van der Waals surface area contributed by atoms with Crippen molar-refractivity contribution < 1.29 is 0 Å². The zero-order valence-corrected chi connectivity index (χ0v) is 20.3. The van der Waals surface area contributed by atoms with Crippen molar-refractivity contribution >= 4 is 11.4 Å². The van der Waals surface area contributed by atoms with Gasteiger partial charge in [-0.1, -0.05) is 57.7 Å². The molecule has 1 saturated heterocycles. The molecule has 172 valence electrons. The summed E-state index contributed by atoms with van der Waals surface area (Å²) in [6.07, 6.45) is 8.69. The molecule has 32 heavy (non-hydrogen) atoms. The van der Waals surface area contributed by atoms with E-state index in [0.29, 0.717) is 17.3 Å². The maximum absolute atomic E-state index is 6.50. The van der Waals surface area contributed by atoms with Gasteiger partial charge in [0.25, 0.3) is 0 Å². The number of allylic oxidation sites excluding steroid dienone is 1. The Morgan fingerprint density at radius 1 is 1.16 bits per heavy atom. The number of piperidine rings is 1. The Morgan fingerprint density at radius 3 is 2.66 bits per heavy atom. The van der Waals surface area contributed by atoms with Gasteiger partial charge in [-0.25, -0.2) is 0 Å². The average Bonchev–Trinajstić information content (AvgIpc) is 3.23. The zero-order chi connectivity index (χ0) is 22.7. The van der Waals surface area contributed by atoms with Crippen molar-refractivity contribution in [3.63, 3.8) is 0 Å². The van der Waals surface area contributed by atoms with Crippen LogP contribution in [0.4, 0.5) is 11.4 Å². The van der Waals surface area contributed by atoms with Crippen molar-refractivity contribution in [3.8, 4) is 11.1 Å². The van der Waals surface area contributed by atoms with Gasteiger partial charge in [-0.2, -0.15) is 0 Å². The van der Waals surface area contributed by atoms with E-state index in [4.69, 9.17) is 5.73 Å². The molecule has 4 rings (SSSR count). The van der Waals surface area contributed by atoms with Gasteiger partial charge in [0.1, 0.15) is 0 Å². The van der Waals surface area contributed by atoms with E-state index < -0.39 is 0 Å². The molecular formula is C29H41N3. The molecule has 2 aromatic carbocycles. The Morgan fingerprint density at radius 2 is 1.94 bits per heavy atom. The van der Waals surface area contributed by atoms with Gasteiger partial charge in [-0.3, -0.25) is 0 Å². The minimum Gasteiger partial charge on any atom is -0.397 e. The van der Waals surface area contributed by atoms with Crippen molar-refractivity contribution in [2.45, 2.75) is 65.7 Å². The van der Waals surface area contributed by atoms with Gasteiger partial charge in [0.2, 0.25) is 0 Å². The first-order valence-corrected chi connectivity index (χ1v) is 12.6. The van der Waals surface area contributed by atoms with Crippen LogP contribution >= 0.6 is 0 Å². The third-order valence-electron chi connectivity index (χ3n) is 8.29. The highest BCUT2D eigenvalue weighted by Crippen LogP contribution is 2.51. The summed E-state index contributed by atoms with van der Waals surface area (Å²) in [5.41, 5.74) is 15.2. The van der Waals surface area contributed by atoms with Crippen molar-refractivity contribution in [3.05, 3.63) is 59.8 Å². The van der Waals surface area contributed by atoms with E-state index >= 15 is 0 Å². The summed E-state index contributed by atoms with van der Waals surface area (Å²) in [7, 11) is 0. The first-order chi connectivity index (χ1) is 15.5. The first kappa shape index (κ1) is 22.9. The molecule has 2 atom stereocenters. The van der Waals surface area contributed by atoms with E-state index in [1.807, 2.05) is 6.07 Å². The van der Waals surface area contributed by atoms with Crippen LogP contribution in [-0.2, 0) is 12.8 Å². The van der Waals surface area contributed by atoms with Crippen LogP contribution in [0.2, 0.25) is 0 Å². The van der Waals surface area contributed by atoms with Gasteiger partial charge < -0.3 is 16.4 Å². The van der Waals surface area contributed by atoms with Crippen LogP contribution < -0.4 is 16.4 Å². The third-order valence-corrected chi connectivity index (χ3v) is 8.29. The molecule has 1 spiro atoms. The van der Waals surface area contributed by atoms with Crippen molar-refractivity contribution in [2.75, 3.05) is 24.1 Å². The topological polar surface area (TPSA) is 50.1 Å². The molecule has 2 aromatic rings. The first-order valence-electron chi connectivity index (χ1n) is 12.6. The molecular weight excluding hydrogens is 390 g/mol. The minimum atomic E-state index is 0.445. The fraction of sp³-hybridized carbons (Fsp3) is 0.517. The Balaban J connectivity index is 1.55. The average molecular weight is 432 g/mol.